The first-order valence-electron chi connectivity index (χ1n) is 9.16. The van der Waals surface area contributed by atoms with Gasteiger partial charge in [0, 0.05) is 34.6 Å². The van der Waals surface area contributed by atoms with E-state index in [-0.39, 0.29) is 38.4 Å². The van der Waals surface area contributed by atoms with Crippen molar-refractivity contribution in [3.63, 3.8) is 0 Å². The summed E-state index contributed by atoms with van der Waals surface area (Å²) in [7, 11) is 1.34. The fourth-order valence-corrected chi connectivity index (χ4v) is 3.56. The standard InChI is InChI=1S/C20H13ClF2N6O3S/c1-32-15-8-24-14(18(22)23)5-12(15)11-6-16(29-3-2-10(21)4-17(29)30)25-7-13(11)19(31)27-20-28-26-9-33-20/h2-9,18H,1H3,(H,27,28,31). The van der Waals surface area contributed by atoms with Gasteiger partial charge >= 0.3 is 0 Å². The first-order chi connectivity index (χ1) is 15.9. The number of nitrogens with one attached hydrogen (secondary N) is 1. The molecule has 1 N–H and O–H groups in total. The van der Waals surface area contributed by atoms with Gasteiger partial charge in [0.2, 0.25) is 5.13 Å². The van der Waals surface area contributed by atoms with Crippen LogP contribution in [-0.4, -0.2) is 37.7 Å². The number of nitrogens with zero attached hydrogens (tertiary/aromatic N) is 5. The Morgan fingerprint density at radius 3 is 2.70 bits per heavy atom. The summed E-state index contributed by atoms with van der Waals surface area (Å²) in [4.78, 5) is 33.3. The highest BCUT2D eigenvalue weighted by atomic mass is 35.5. The molecule has 0 aliphatic rings. The number of anilines is 1. The Bertz CT molecular complexity index is 1380. The number of aromatic nitrogens is 5. The van der Waals surface area contributed by atoms with E-state index in [1.54, 1.807) is 0 Å². The zero-order valence-corrected chi connectivity index (χ0v) is 18.3. The molecule has 0 saturated carbocycles. The second kappa shape index (κ2) is 9.38. The maximum Gasteiger partial charge on any atom is 0.280 e. The smallest absolute Gasteiger partial charge is 0.280 e. The lowest BCUT2D eigenvalue weighted by atomic mass is 10.00. The molecule has 0 aromatic carbocycles. The van der Waals surface area contributed by atoms with E-state index < -0.39 is 23.6 Å². The molecule has 0 saturated heterocycles. The van der Waals surface area contributed by atoms with Crippen LogP contribution in [0.2, 0.25) is 5.02 Å². The summed E-state index contributed by atoms with van der Waals surface area (Å²) >= 11 is 6.96. The van der Waals surface area contributed by atoms with Crippen molar-refractivity contribution >= 4 is 34.0 Å². The number of carbonyl (C=O) groups is 1. The Morgan fingerprint density at radius 2 is 2.03 bits per heavy atom. The lowest BCUT2D eigenvalue weighted by Gasteiger charge is -2.15. The second-order valence-electron chi connectivity index (χ2n) is 6.45. The van der Waals surface area contributed by atoms with Crippen molar-refractivity contribution in [1.29, 1.82) is 0 Å². The van der Waals surface area contributed by atoms with Gasteiger partial charge in [0.1, 0.15) is 22.8 Å². The van der Waals surface area contributed by atoms with Crippen LogP contribution in [-0.2, 0) is 0 Å². The third-order valence-electron chi connectivity index (χ3n) is 4.47. The Hall–Kier alpha value is -3.77. The number of hydrogen-bond donors (Lipinski definition) is 1. The van der Waals surface area contributed by atoms with Crippen molar-refractivity contribution in [2.75, 3.05) is 12.4 Å². The van der Waals surface area contributed by atoms with Crippen molar-refractivity contribution < 1.29 is 18.3 Å². The van der Waals surface area contributed by atoms with Crippen LogP contribution >= 0.6 is 22.9 Å². The van der Waals surface area contributed by atoms with Crippen molar-refractivity contribution in [3.05, 3.63) is 75.0 Å². The monoisotopic (exact) mass is 490 g/mol. The van der Waals surface area contributed by atoms with Crippen LogP contribution in [0.15, 0.2) is 53.2 Å². The number of rotatable bonds is 6. The Balaban J connectivity index is 1.92. The molecular formula is C20H13ClF2N6O3S. The third-order valence-corrected chi connectivity index (χ3v) is 5.31. The van der Waals surface area contributed by atoms with Gasteiger partial charge in [-0.1, -0.05) is 22.9 Å². The minimum absolute atomic E-state index is 0.0284. The van der Waals surface area contributed by atoms with Gasteiger partial charge in [0.15, 0.2) is 0 Å². The molecule has 0 aliphatic carbocycles. The van der Waals surface area contributed by atoms with Gasteiger partial charge in [-0.25, -0.2) is 13.8 Å². The molecule has 0 spiro atoms. The van der Waals surface area contributed by atoms with E-state index in [0.717, 1.165) is 23.6 Å². The van der Waals surface area contributed by atoms with E-state index in [2.05, 4.69) is 25.5 Å². The Labute approximate surface area is 193 Å². The summed E-state index contributed by atoms with van der Waals surface area (Å²) in [5.74, 6) is -0.330. The molecule has 4 aromatic heterocycles. The minimum atomic E-state index is -2.85. The number of amides is 1. The quantitative estimate of drug-likeness (QED) is 0.434. The summed E-state index contributed by atoms with van der Waals surface area (Å²) in [6.45, 7) is 0. The topological polar surface area (TPSA) is 112 Å². The number of carbonyl (C=O) groups excluding carboxylic acids is 1. The van der Waals surface area contributed by atoms with Crippen LogP contribution in [0.1, 0.15) is 22.5 Å². The van der Waals surface area contributed by atoms with E-state index >= 15 is 0 Å². The molecule has 0 fully saturated rings. The van der Waals surface area contributed by atoms with Crippen molar-refractivity contribution in [2.24, 2.45) is 0 Å². The predicted octanol–water partition coefficient (Wildman–Crippen LogP) is 4.00. The highest BCUT2D eigenvalue weighted by Gasteiger charge is 2.22. The minimum Gasteiger partial charge on any atom is -0.494 e. The Morgan fingerprint density at radius 1 is 1.21 bits per heavy atom. The zero-order valence-electron chi connectivity index (χ0n) is 16.7. The number of methoxy groups -OCH3 is 1. The maximum absolute atomic E-state index is 13.4. The van der Waals surface area contributed by atoms with Crippen LogP contribution in [0.25, 0.3) is 16.9 Å². The molecule has 1 amide bonds. The van der Waals surface area contributed by atoms with E-state index in [0.29, 0.717) is 0 Å². The predicted molar refractivity (Wildman–Crippen MR) is 117 cm³/mol. The lowest BCUT2D eigenvalue weighted by Crippen LogP contribution is -2.19. The van der Waals surface area contributed by atoms with E-state index in [9.17, 15) is 18.4 Å². The normalized spacial score (nSPS) is 10.9. The third kappa shape index (κ3) is 4.71. The molecule has 168 valence electrons. The first kappa shape index (κ1) is 22.4. The largest absolute Gasteiger partial charge is 0.494 e. The molecular weight excluding hydrogens is 478 g/mol. The van der Waals surface area contributed by atoms with Crippen LogP contribution in [0.5, 0.6) is 5.75 Å². The van der Waals surface area contributed by atoms with Crippen molar-refractivity contribution in [2.45, 2.75) is 6.43 Å². The highest BCUT2D eigenvalue weighted by Crippen LogP contribution is 2.35. The lowest BCUT2D eigenvalue weighted by molar-refractivity contribution is 0.102. The summed E-state index contributed by atoms with van der Waals surface area (Å²) in [6, 6.07) is 5.22. The van der Waals surface area contributed by atoms with Gasteiger partial charge in [0.25, 0.3) is 17.9 Å². The second-order valence-corrected chi connectivity index (χ2v) is 7.72. The van der Waals surface area contributed by atoms with Crippen LogP contribution in [0, 0.1) is 0 Å². The van der Waals surface area contributed by atoms with Gasteiger partial charge in [-0.05, 0) is 18.2 Å². The summed E-state index contributed by atoms with van der Waals surface area (Å²) in [5, 5.41) is 10.5. The SMILES string of the molecule is COc1cnc(C(F)F)cc1-c1cc(-n2ccc(Cl)cc2=O)ncc1C(=O)Nc1nncs1. The number of pyridine rings is 3. The molecule has 0 aliphatic heterocycles. The number of ether oxygens (including phenoxy) is 1. The average molecular weight is 491 g/mol. The molecule has 9 nitrogen and oxygen atoms in total. The van der Waals surface area contributed by atoms with Gasteiger partial charge in [-0.3, -0.25) is 24.5 Å². The van der Waals surface area contributed by atoms with Gasteiger partial charge < -0.3 is 4.74 Å². The number of alkyl halides is 2. The molecule has 0 radical (unpaired) electrons. The molecule has 33 heavy (non-hydrogen) atoms. The molecule has 13 heteroatoms. The van der Waals surface area contributed by atoms with Crippen LogP contribution < -0.4 is 15.6 Å². The van der Waals surface area contributed by atoms with Gasteiger partial charge in [-0.15, -0.1) is 10.2 Å². The number of hydrogen-bond acceptors (Lipinski definition) is 8. The van der Waals surface area contributed by atoms with Gasteiger partial charge in [-0.2, -0.15) is 0 Å². The summed E-state index contributed by atoms with van der Waals surface area (Å²) in [5.41, 5.74) is 0.831. The van der Waals surface area contributed by atoms with Gasteiger partial charge in [0.05, 0.1) is 18.9 Å². The first-order valence-corrected chi connectivity index (χ1v) is 10.4. The Kier molecular flexibility index (Phi) is 6.38. The maximum atomic E-state index is 13.4. The van der Waals surface area contributed by atoms with E-state index in [4.69, 9.17) is 16.3 Å². The van der Waals surface area contributed by atoms with E-state index in [1.165, 1.54) is 47.8 Å². The van der Waals surface area contributed by atoms with Crippen LogP contribution in [0.3, 0.4) is 0 Å². The molecule has 0 bridgehead atoms. The highest BCUT2D eigenvalue weighted by molar-refractivity contribution is 7.13. The summed E-state index contributed by atoms with van der Waals surface area (Å²) in [6.07, 6.45) is 0.919. The van der Waals surface area contributed by atoms with Crippen LogP contribution in [0.4, 0.5) is 13.9 Å². The molecule has 4 heterocycles. The van der Waals surface area contributed by atoms with Crippen molar-refractivity contribution in [3.8, 4) is 22.7 Å². The summed E-state index contributed by atoms with van der Waals surface area (Å²) < 4.78 is 33.2. The zero-order chi connectivity index (χ0) is 23.5. The molecule has 4 rings (SSSR count). The fraction of sp³-hybridized carbons (Fsp3) is 0.100. The van der Waals surface area contributed by atoms with E-state index in [1.807, 2.05) is 0 Å². The average Bonchev–Trinajstić information content (AvgIpc) is 3.31. The fourth-order valence-electron chi connectivity index (χ4n) is 2.97. The molecule has 0 atom stereocenters. The molecule has 0 unspecified atom stereocenters. The van der Waals surface area contributed by atoms with Crippen molar-refractivity contribution in [1.82, 2.24) is 24.7 Å². The molecule has 4 aromatic rings. The number of halogens is 3.